The van der Waals surface area contributed by atoms with E-state index in [9.17, 15) is 0 Å². The minimum Gasteiger partial charge on any atom is -0.391 e. The summed E-state index contributed by atoms with van der Waals surface area (Å²) in [7, 11) is 0. The molecule has 3 heteroatoms. The molecule has 0 aliphatic carbocycles. The van der Waals surface area contributed by atoms with Gasteiger partial charge in [-0.1, -0.05) is 6.07 Å². The lowest BCUT2D eigenvalue weighted by molar-refractivity contribution is 0.403. The number of H-pyrrole nitrogens is 1. The maximum absolute atomic E-state index is 8.42. The van der Waals surface area contributed by atoms with Crippen molar-refractivity contribution in [2.45, 2.75) is 0 Å². The minimum atomic E-state index is 0.532. The second-order valence-corrected chi connectivity index (χ2v) is 1.63. The van der Waals surface area contributed by atoms with E-state index in [0.717, 1.165) is 0 Å². The molecule has 1 rings (SSSR count). The number of rotatable bonds is 0. The van der Waals surface area contributed by atoms with Crippen molar-refractivity contribution >= 4 is 0 Å². The molecule has 0 fully saturated rings. The van der Waals surface area contributed by atoms with Crippen molar-refractivity contribution in [2.75, 3.05) is 0 Å². The van der Waals surface area contributed by atoms with Gasteiger partial charge >= 0.3 is 0 Å². The summed E-state index contributed by atoms with van der Waals surface area (Å²) in [4.78, 5) is 0. The van der Waals surface area contributed by atoms with Crippen LogP contribution >= 0.6 is 0 Å². The molecule has 0 unspecified atom stereocenters. The summed E-state index contributed by atoms with van der Waals surface area (Å²) in [5.74, 6) is 0. The van der Waals surface area contributed by atoms with E-state index in [2.05, 4.69) is 5.16 Å². The van der Waals surface area contributed by atoms with Crippen molar-refractivity contribution in [1.29, 1.82) is 5.26 Å². The Morgan fingerprint density at radius 3 is 3.20 bits per heavy atom. The second-order valence-electron chi connectivity index (χ2n) is 1.63. The third kappa shape index (κ3) is 1.67. The van der Waals surface area contributed by atoms with Crippen molar-refractivity contribution in [2.24, 2.45) is 0 Å². The SMILES string of the molecule is N#Cc1cccco[nH]c1. The molecular weight excluding hydrogens is 128 g/mol. The molecule has 1 aromatic rings. The fourth-order valence-electron chi connectivity index (χ4n) is 0.498. The van der Waals surface area contributed by atoms with E-state index >= 15 is 0 Å². The Labute approximate surface area is 58.2 Å². The maximum Gasteiger partial charge on any atom is 0.119 e. The summed E-state index contributed by atoms with van der Waals surface area (Å²) in [5, 5.41) is 10.9. The third-order valence-corrected chi connectivity index (χ3v) is 0.945. The smallest absolute Gasteiger partial charge is 0.119 e. The summed E-state index contributed by atoms with van der Waals surface area (Å²) >= 11 is 0. The standard InChI is InChI=1S/C7H6N2O/c8-5-7-3-1-2-4-10-9-6-7/h1-4,6,9H. The van der Waals surface area contributed by atoms with Crippen LogP contribution in [0.25, 0.3) is 0 Å². The van der Waals surface area contributed by atoms with Crippen molar-refractivity contribution in [3.8, 4) is 6.07 Å². The van der Waals surface area contributed by atoms with Gasteiger partial charge in [0.2, 0.25) is 0 Å². The average Bonchev–Trinajstić information content (AvgIpc) is 1.87. The second kappa shape index (κ2) is 3.36. The first kappa shape index (κ1) is 6.43. The molecule has 0 saturated heterocycles. The van der Waals surface area contributed by atoms with Crippen LogP contribution in [0.2, 0.25) is 0 Å². The summed E-state index contributed by atoms with van der Waals surface area (Å²) in [6, 6.07) is 7.08. The molecule has 0 spiro atoms. The van der Waals surface area contributed by atoms with E-state index in [0.29, 0.717) is 5.56 Å². The number of nitrogens with one attached hydrogen (secondary N) is 1. The van der Waals surface area contributed by atoms with Gasteiger partial charge in [-0.05, 0) is 12.1 Å². The van der Waals surface area contributed by atoms with Crippen molar-refractivity contribution in [3.63, 3.8) is 0 Å². The molecule has 0 radical (unpaired) electrons. The van der Waals surface area contributed by atoms with Crippen LogP contribution in [0.15, 0.2) is 35.2 Å². The van der Waals surface area contributed by atoms with E-state index in [-0.39, 0.29) is 0 Å². The van der Waals surface area contributed by atoms with Gasteiger partial charge in [-0.2, -0.15) is 5.26 Å². The molecule has 1 heterocycles. The number of nitrogens with zero attached hydrogens (tertiary/aromatic N) is 1. The Kier molecular flexibility index (Phi) is 2.16. The molecule has 1 aromatic heterocycles. The maximum atomic E-state index is 8.42. The molecule has 0 amide bonds. The van der Waals surface area contributed by atoms with E-state index in [1.54, 1.807) is 18.2 Å². The molecule has 3 nitrogen and oxygen atoms in total. The van der Waals surface area contributed by atoms with Gasteiger partial charge in [-0.3, -0.25) is 0 Å². The predicted molar refractivity (Wildman–Crippen MR) is 35.4 cm³/mol. The third-order valence-electron chi connectivity index (χ3n) is 0.945. The Bertz CT molecular complexity index is 258. The van der Waals surface area contributed by atoms with E-state index in [4.69, 9.17) is 9.78 Å². The normalized spacial score (nSPS) is 7.90. The van der Waals surface area contributed by atoms with Crippen LogP contribution in [0.4, 0.5) is 0 Å². The van der Waals surface area contributed by atoms with Gasteiger partial charge in [-0.25, -0.2) is 5.16 Å². The molecule has 0 saturated carbocycles. The predicted octanol–water partition coefficient (Wildman–Crippen LogP) is 1.60. The number of hydrogen-bond donors (Lipinski definition) is 1. The first-order valence-corrected chi connectivity index (χ1v) is 2.78. The molecule has 0 aromatic carbocycles. The zero-order valence-electron chi connectivity index (χ0n) is 5.24. The fraction of sp³-hybridized carbons (Fsp3) is 0. The number of nitriles is 1. The molecule has 0 aliphatic rings. The number of hydrogen-bond acceptors (Lipinski definition) is 2. The van der Waals surface area contributed by atoms with Gasteiger partial charge in [0.25, 0.3) is 0 Å². The molecule has 0 aliphatic heterocycles. The first-order chi connectivity index (χ1) is 4.93. The van der Waals surface area contributed by atoms with Gasteiger partial charge in [-0.15, -0.1) is 0 Å². The Balaban J connectivity index is 3.14. The van der Waals surface area contributed by atoms with Crippen molar-refractivity contribution < 1.29 is 4.52 Å². The summed E-state index contributed by atoms with van der Waals surface area (Å²) < 4.78 is 4.70. The highest BCUT2D eigenvalue weighted by molar-refractivity contribution is 5.22. The Morgan fingerprint density at radius 2 is 2.40 bits per heavy atom. The Hall–Kier alpha value is -1.69. The first-order valence-electron chi connectivity index (χ1n) is 2.78. The van der Waals surface area contributed by atoms with E-state index in [1.807, 2.05) is 6.07 Å². The van der Waals surface area contributed by atoms with Crippen LogP contribution in [0.1, 0.15) is 5.56 Å². The minimum absolute atomic E-state index is 0.532. The number of aromatic amines is 1. The molecule has 10 heavy (non-hydrogen) atoms. The van der Waals surface area contributed by atoms with Gasteiger partial charge in [0.15, 0.2) is 0 Å². The van der Waals surface area contributed by atoms with Gasteiger partial charge in [0, 0.05) is 0 Å². The van der Waals surface area contributed by atoms with Crippen LogP contribution in [-0.4, -0.2) is 5.16 Å². The quantitative estimate of drug-likeness (QED) is 0.585. The highest BCUT2D eigenvalue weighted by Crippen LogP contribution is 1.88. The van der Waals surface area contributed by atoms with Gasteiger partial charge in [0.05, 0.1) is 11.8 Å². The highest BCUT2D eigenvalue weighted by atomic mass is 16.4. The Morgan fingerprint density at radius 1 is 1.50 bits per heavy atom. The molecule has 0 atom stereocenters. The van der Waals surface area contributed by atoms with Crippen LogP contribution in [0.3, 0.4) is 0 Å². The molecule has 0 bridgehead atoms. The number of aromatic nitrogens is 1. The zero-order valence-corrected chi connectivity index (χ0v) is 5.24. The van der Waals surface area contributed by atoms with E-state index < -0.39 is 0 Å². The summed E-state index contributed by atoms with van der Waals surface area (Å²) in [6.45, 7) is 0. The van der Waals surface area contributed by atoms with Crippen molar-refractivity contribution in [1.82, 2.24) is 5.16 Å². The van der Waals surface area contributed by atoms with Crippen LogP contribution in [0.5, 0.6) is 0 Å². The monoisotopic (exact) mass is 134 g/mol. The van der Waals surface area contributed by atoms with Crippen LogP contribution in [0, 0.1) is 11.3 Å². The lowest BCUT2D eigenvalue weighted by Gasteiger charge is -1.80. The highest BCUT2D eigenvalue weighted by Gasteiger charge is 1.78. The molecular formula is C7H6N2O. The lowest BCUT2D eigenvalue weighted by atomic mass is 10.3. The van der Waals surface area contributed by atoms with E-state index in [1.165, 1.54) is 12.5 Å². The summed E-state index contributed by atoms with van der Waals surface area (Å²) in [5.41, 5.74) is 0.532. The largest absolute Gasteiger partial charge is 0.391 e. The van der Waals surface area contributed by atoms with Gasteiger partial charge < -0.3 is 4.52 Å². The lowest BCUT2D eigenvalue weighted by Crippen LogP contribution is -1.69. The van der Waals surface area contributed by atoms with Gasteiger partial charge in [0.1, 0.15) is 12.3 Å². The summed E-state index contributed by atoms with van der Waals surface area (Å²) in [6.07, 6.45) is 2.97. The average molecular weight is 134 g/mol. The molecule has 50 valence electrons. The van der Waals surface area contributed by atoms with Crippen LogP contribution < -0.4 is 0 Å². The topological polar surface area (TPSA) is 52.7 Å². The fourth-order valence-corrected chi connectivity index (χ4v) is 0.498. The van der Waals surface area contributed by atoms with Crippen LogP contribution in [-0.2, 0) is 0 Å². The molecule has 1 N–H and O–H groups in total. The zero-order chi connectivity index (χ0) is 7.23. The van der Waals surface area contributed by atoms with Crippen molar-refractivity contribution in [3.05, 3.63) is 36.2 Å².